The zero-order chi connectivity index (χ0) is 18.8. The fourth-order valence-corrected chi connectivity index (χ4v) is 3.55. The van der Waals surface area contributed by atoms with Crippen molar-refractivity contribution in [2.24, 2.45) is 5.92 Å². The van der Waals surface area contributed by atoms with E-state index < -0.39 is 0 Å². The number of benzene rings is 1. The van der Waals surface area contributed by atoms with Gasteiger partial charge in [-0.3, -0.25) is 9.59 Å². The molecule has 0 radical (unpaired) electrons. The molecule has 2 amide bonds. The predicted octanol–water partition coefficient (Wildman–Crippen LogP) is 2.38. The summed E-state index contributed by atoms with van der Waals surface area (Å²) in [4.78, 5) is 30.6. The molecule has 2 aromatic rings. The van der Waals surface area contributed by atoms with Gasteiger partial charge in [-0.2, -0.15) is 4.98 Å². The van der Waals surface area contributed by atoms with E-state index in [-0.39, 0.29) is 23.7 Å². The molecular weight excluding hydrogens is 344 g/mol. The van der Waals surface area contributed by atoms with Crippen LogP contribution in [0.2, 0.25) is 0 Å². The fraction of sp³-hybridized carbons (Fsp3) is 0.400. The molecule has 27 heavy (non-hydrogen) atoms. The van der Waals surface area contributed by atoms with E-state index in [2.05, 4.69) is 27.6 Å². The molecular formula is C20H22N4O3. The van der Waals surface area contributed by atoms with Gasteiger partial charge in [0.15, 0.2) is 0 Å². The van der Waals surface area contributed by atoms with Crippen LogP contribution in [-0.4, -0.2) is 47.0 Å². The number of aromatic nitrogens is 2. The molecule has 1 aliphatic carbocycles. The minimum absolute atomic E-state index is 0.0801. The van der Waals surface area contributed by atoms with Crippen LogP contribution < -0.4 is 5.32 Å². The highest BCUT2D eigenvalue weighted by molar-refractivity contribution is 5.95. The summed E-state index contributed by atoms with van der Waals surface area (Å²) < 4.78 is 5.41. The van der Waals surface area contributed by atoms with E-state index in [9.17, 15) is 9.59 Å². The van der Waals surface area contributed by atoms with Crippen LogP contribution in [0.25, 0.3) is 11.4 Å². The SMILES string of the molecule is CNC(=O)c1cccc(-c2noc(C3CN(C(=O)[C@H]4CC=CCC4)C3)n2)c1. The Hall–Kier alpha value is -2.96. The second-order valence-electron chi connectivity index (χ2n) is 7.04. The molecule has 0 spiro atoms. The van der Waals surface area contributed by atoms with Crippen molar-refractivity contribution in [2.75, 3.05) is 20.1 Å². The largest absolute Gasteiger partial charge is 0.355 e. The van der Waals surface area contributed by atoms with Crippen LogP contribution in [0.1, 0.15) is 41.4 Å². The first-order valence-electron chi connectivity index (χ1n) is 9.25. The quantitative estimate of drug-likeness (QED) is 0.840. The molecule has 2 heterocycles. The Morgan fingerprint density at radius 1 is 1.26 bits per heavy atom. The van der Waals surface area contributed by atoms with E-state index in [0.717, 1.165) is 24.8 Å². The maximum Gasteiger partial charge on any atom is 0.251 e. The van der Waals surface area contributed by atoms with Crippen molar-refractivity contribution in [1.29, 1.82) is 0 Å². The van der Waals surface area contributed by atoms with E-state index in [1.54, 1.807) is 25.2 Å². The van der Waals surface area contributed by atoms with Crippen LogP contribution in [0.4, 0.5) is 0 Å². The number of carbonyl (C=O) groups excluding carboxylic acids is 2. The Morgan fingerprint density at radius 3 is 2.85 bits per heavy atom. The van der Waals surface area contributed by atoms with Crippen LogP contribution in [0.3, 0.4) is 0 Å². The molecule has 1 saturated heterocycles. The van der Waals surface area contributed by atoms with Crippen molar-refractivity contribution in [1.82, 2.24) is 20.4 Å². The molecule has 1 aromatic heterocycles. The smallest absolute Gasteiger partial charge is 0.251 e. The van der Waals surface area contributed by atoms with Gasteiger partial charge in [0.2, 0.25) is 17.6 Å². The zero-order valence-electron chi connectivity index (χ0n) is 15.2. The predicted molar refractivity (Wildman–Crippen MR) is 98.9 cm³/mol. The van der Waals surface area contributed by atoms with Crippen molar-refractivity contribution in [2.45, 2.75) is 25.2 Å². The molecule has 2 aliphatic rings. The second-order valence-corrected chi connectivity index (χ2v) is 7.04. The van der Waals surface area contributed by atoms with E-state index >= 15 is 0 Å². The maximum atomic E-state index is 12.5. The van der Waals surface area contributed by atoms with Crippen LogP contribution in [0.5, 0.6) is 0 Å². The van der Waals surface area contributed by atoms with E-state index in [4.69, 9.17) is 4.52 Å². The van der Waals surface area contributed by atoms with Crippen molar-refractivity contribution < 1.29 is 14.1 Å². The zero-order valence-corrected chi connectivity index (χ0v) is 15.2. The van der Waals surface area contributed by atoms with Gasteiger partial charge in [-0.25, -0.2) is 0 Å². The van der Waals surface area contributed by atoms with E-state index in [1.165, 1.54) is 0 Å². The lowest BCUT2D eigenvalue weighted by atomic mass is 9.90. The molecule has 1 fully saturated rings. The third-order valence-corrected chi connectivity index (χ3v) is 5.21. The van der Waals surface area contributed by atoms with Gasteiger partial charge in [-0.15, -0.1) is 0 Å². The summed E-state index contributed by atoms with van der Waals surface area (Å²) in [6.07, 6.45) is 6.99. The molecule has 0 unspecified atom stereocenters. The van der Waals surface area contributed by atoms with Crippen LogP contribution in [0, 0.1) is 5.92 Å². The number of carbonyl (C=O) groups is 2. The molecule has 1 atom stereocenters. The van der Waals surface area contributed by atoms with Gasteiger partial charge in [0, 0.05) is 37.2 Å². The molecule has 0 bridgehead atoms. The Morgan fingerprint density at radius 2 is 2.11 bits per heavy atom. The topological polar surface area (TPSA) is 88.3 Å². The lowest BCUT2D eigenvalue weighted by Gasteiger charge is -2.39. The number of rotatable bonds is 4. The average molecular weight is 366 g/mol. The summed E-state index contributed by atoms with van der Waals surface area (Å²) in [5.74, 6) is 1.26. The van der Waals surface area contributed by atoms with Gasteiger partial charge in [0.25, 0.3) is 5.91 Å². The molecule has 0 saturated carbocycles. The number of hydrogen-bond donors (Lipinski definition) is 1. The number of likely N-dealkylation sites (tertiary alicyclic amines) is 1. The van der Waals surface area contributed by atoms with Gasteiger partial charge in [0.05, 0.1) is 5.92 Å². The Bertz CT molecular complexity index is 883. The highest BCUT2D eigenvalue weighted by Crippen LogP contribution is 2.31. The average Bonchev–Trinajstić information content (AvgIpc) is 3.16. The molecule has 7 heteroatoms. The molecule has 1 aromatic carbocycles. The highest BCUT2D eigenvalue weighted by Gasteiger charge is 2.38. The molecule has 7 nitrogen and oxygen atoms in total. The number of hydrogen-bond acceptors (Lipinski definition) is 5. The Labute approximate surface area is 157 Å². The van der Waals surface area contributed by atoms with Crippen LogP contribution in [-0.2, 0) is 4.79 Å². The normalized spacial score (nSPS) is 19.6. The molecule has 140 valence electrons. The summed E-state index contributed by atoms with van der Waals surface area (Å²) >= 11 is 0. The first-order chi connectivity index (χ1) is 13.2. The van der Waals surface area contributed by atoms with Crippen molar-refractivity contribution in [3.63, 3.8) is 0 Å². The third kappa shape index (κ3) is 3.49. The lowest BCUT2D eigenvalue weighted by molar-refractivity contribution is -0.140. The lowest BCUT2D eigenvalue weighted by Crippen LogP contribution is -2.50. The Balaban J connectivity index is 1.40. The number of nitrogens with zero attached hydrogens (tertiary/aromatic N) is 3. The Kier molecular flexibility index (Phi) is 4.75. The second kappa shape index (κ2) is 7.34. The summed E-state index contributed by atoms with van der Waals surface area (Å²) in [6.45, 7) is 1.25. The monoisotopic (exact) mass is 366 g/mol. The van der Waals surface area contributed by atoms with Gasteiger partial charge >= 0.3 is 0 Å². The summed E-state index contributed by atoms with van der Waals surface area (Å²) in [7, 11) is 1.59. The minimum atomic E-state index is -0.161. The summed E-state index contributed by atoms with van der Waals surface area (Å²) in [5, 5.41) is 6.64. The molecule has 1 N–H and O–H groups in total. The standard InChI is InChI=1S/C20H22N4O3/c1-21-18(25)15-9-5-8-14(10-15)17-22-19(27-23-17)16-11-24(12-16)20(26)13-6-3-2-4-7-13/h2-3,5,8-10,13,16H,4,6-7,11-12H2,1H3,(H,21,25)/t13-/m0/s1. The van der Waals surface area contributed by atoms with Crippen molar-refractivity contribution in [3.8, 4) is 11.4 Å². The van der Waals surface area contributed by atoms with Crippen LogP contribution in [0.15, 0.2) is 40.9 Å². The van der Waals surface area contributed by atoms with E-state index in [1.807, 2.05) is 11.0 Å². The van der Waals surface area contributed by atoms with Gasteiger partial charge < -0.3 is 14.7 Å². The molecule has 1 aliphatic heterocycles. The highest BCUT2D eigenvalue weighted by atomic mass is 16.5. The minimum Gasteiger partial charge on any atom is -0.355 e. The number of amides is 2. The van der Waals surface area contributed by atoms with Gasteiger partial charge in [-0.1, -0.05) is 29.4 Å². The van der Waals surface area contributed by atoms with Crippen molar-refractivity contribution in [3.05, 3.63) is 47.9 Å². The van der Waals surface area contributed by atoms with Crippen molar-refractivity contribution >= 4 is 11.8 Å². The van der Waals surface area contributed by atoms with E-state index in [0.29, 0.717) is 30.4 Å². The first-order valence-corrected chi connectivity index (χ1v) is 9.25. The maximum absolute atomic E-state index is 12.5. The first kappa shape index (κ1) is 17.5. The number of nitrogens with one attached hydrogen (secondary N) is 1. The summed E-state index contributed by atoms with van der Waals surface area (Å²) in [5.41, 5.74) is 1.27. The van der Waals surface area contributed by atoms with Gasteiger partial charge in [0.1, 0.15) is 0 Å². The van der Waals surface area contributed by atoms with Crippen LogP contribution >= 0.6 is 0 Å². The van der Waals surface area contributed by atoms with Gasteiger partial charge in [-0.05, 0) is 31.4 Å². The summed E-state index contributed by atoms with van der Waals surface area (Å²) in [6, 6.07) is 7.10. The molecule has 4 rings (SSSR count). The third-order valence-electron chi connectivity index (χ3n) is 5.21. The fourth-order valence-electron chi connectivity index (χ4n) is 3.55. The number of allylic oxidation sites excluding steroid dienone is 2.